The number of aromatic nitrogens is 3. The van der Waals surface area contributed by atoms with Gasteiger partial charge in [-0.15, -0.1) is 0 Å². The van der Waals surface area contributed by atoms with Gasteiger partial charge in [0.1, 0.15) is 6.10 Å². The third-order valence-corrected chi connectivity index (χ3v) is 6.89. The first kappa shape index (κ1) is 21.1. The van der Waals surface area contributed by atoms with Crippen molar-refractivity contribution in [1.29, 1.82) is 0 Å². The van der Waals surface area contributed by atoms with Crippen molar-refractivity contribution in [1.82, 2.24) is 20.1 Å². The standard InChI is InChI=1S/C26H32N4O2/c31-21(18-30-15-7-10-20(17-30)19-8-3-1-4-9-19)16-24-25-23(28-29-24)13-14-27-26(25)32-22-11-5-2-6-12-22/h1,3-4,8-9,13-14,20,22H,2,5-7,10-12,15-18H2,(H,28,29). The summed E-state index contributed by atoms with van der Waals surface area (Å²) in [6.07, 6.45) is 10.4. The van der Waals surface area contributed by atoms with Gasteiger partial charge >= 0.3 is 0 Å². The van der Waals surface area contributed by atoms with Gasteiger partial charge in [-0.05, 0) is 62.6 Å². The molecule has 1 N–H and O–H groups in total. The van der Waals surface area contributed by atoms with Crippen LogP contribution in [0.3, 0.4) is 0 Å². The number of Topliss-reactive ketones (excluding diaryl/α,β-unsaturated/α-hetero) is 1. The molecule has 32 heavy (non-hydrogen) atoms. The number of rotatable bonds is 7. The van der Waals surface area contributed by atoms with E-state index in [1.807, 2.05) is 6.07 Å². The average molecular weight is 433 g/mol. The topological polar surface area (TPSA) is 71.1 Å². The Labute approximate surface area is 189 Å². The fourth-order valence-corrected chi connectivity index (χ4v) is 5.24. The summed E-state index contributed by atoms with van der Waals surface area (Å²) in [6, 6.07) is 12.6. The van der Waals surface area contributed by atoms with E-state index in [-0.39, 0.29) is 11.9 Å². The normalized spacial score (nSPS) is 20.4. The summed E-state index contributed by atoms with van der Waals surface area (Å²) in [7, 11) is 0. The average Bonchev–Trinajstić information content (AvgIpc) is 3.24. The number of fused-ring (bicyclic) bond motifs is 1. The van der Waals surface area contributed by atoms with Crippen LogP contribution in [0.5, 0.6) is 5.88 Å². The number of carbonyl (C=O) groups is 1. The van der Waals surface area contributed by atoms with Crippen molar-refractivity contribution in [3.05, 3.63) is 53.9 Å². The number of piperidine rings is 1. The van der Waals surface area contributed by atoms with Crippen molar-refractivity contribution < 1.29 is 9.53 Å². The Morgan fingerprint density at radius 2 is 1.91 bits per heavy atom. The molecule has 6 heteroatoms. The van der Waals surface area contributed by atoms with Crippen LogP contribution in [-0.4, -0.2) is 51.6 Å². The maximum Gasteiger partial charge on any atom is 0.225 e. The van der Waals surface area contributed by atoms with E-state index in [9.17, 15) is 4.79 Å². The first-order chi connectivity index (χ1) is 15.8. The van der Waals surface area contributed by atoms with Crippen LogP contribution in [0.1, 0.15) is 62.1 Å². The first-order valence-corrected chi connectivity index (χ1v) is 12.0. The number of pyridine rings is 1. The van der Waals surface area contributed by atoms with Gasteiger partial charge in [0.15, 0.2) is 5.78 Å². The van der Waals surface area contributed by atoms with E-state index < -0.39 is 0 Å². The van der Waals surface area contributed by atoms with Crippen molar-refractivity contribution in [3.63, 3.8) is 0 Å². The highest BCUT2D eigenvalue weighted by molar-refractivity contribution is 5.91. The molecule has 168 valence electrons. The number of nitrogens with one attached hydrogen (secondary N) is 1. The van der Waals surface area contributed by atoms with Crippen LogP contribution < -0.4 is 4.74 Å². The predicted octanol–water partition coefficient (Wildman–Crippen LogP) is 4.66. The molecule has 1 aliphatic carbocycles. The summed E-state index contributed by atoms with van der Waals surface area (Å²) in [4.78, 5) is 19.8. The number of nitrogens with zero attached hydrogens (tertiary/aromatic N) is 3. The Kier molecular flexibility index (Phi) is 6.49. The largest absolute Gasteiger partial charge is 0.474 e. The number of hydrogen-bond acceptors (Lipinski definition) is 5. The van der Waals surface area contributed by atoms with Gasteiger partial charge < -0.3 is 4.74 Å². The minimum Gasteiger partial charge on any atom is -0.474 e. The molecule has 2 aromatic heterocycles. The first-order valence-electron chi connectivity index (χ1n) is 12.0. The van der Waals surface area contributed by atoms with Crippen molar-refractivity contribution in [3.8, 4) is 5.88 Å². The molecular formula is C26H32N4O2. The smallest absolute Gasteiger partial charge is 0.225 e. The summed E-state index contributed by atoms with van der Waals surface area (Å²) in [5.41, 5.74) is 3.01. The highest BCUT2D eigenvalue weighted by atomic mass is 16.5. The quantitative estimate of drug-likeness (QED) is 0.588. The maximum atomic E-state index is 13.0. The van der Waals surface area contributed by atoms with Crippen molar-refractivity contribution >= 4 is 16.7 Å². The highest BCUT2D eigenvalue weighted by Gasteiger charge is 2.24. The minimum atomic E-state index is 0.194. The number of hydrogen-bond donors (Lipinski definition) is 1. The van der Waals surface area contributed by atoms with Crippen LogP contribution in [0, 0.1) is 0 Å². The molecule has 6 nitrogen and oxygen atoms in total. The molecule has 1 unspecified atom stereocenters. The molecular weight excluding hydrogens is 400 g/mol. The number of likely N-dealkylation sites (tertiary alicyclic amines) is 1. The van der Waals surface area contributed by atoms with E-state index in [0.29, 0.717) is 24.8 Å². The molecule has 0 bridgehead atoms. The molecule has 2 aliphatic rings. The second kappa shape index (κ2) is 9.82. The lowest BCUT2D eigenvalue weighted by Gasteiger charge is -2.32. The lowest BCUT2D eigenvalue weighted by atomic mass is 9.90. The van der Waals surface area contributed by atoms with E-state index in [1.165, 1.54) is 31.2 Å². The van der Waals surface area contributed by atoms with E-state index in [0.717, 1.165) is 48.9 Å². The molecule has 1 aliphatic heterocycles. The third-order valence-electron chi connectivity index (χ3n) is 6.89. The number of aromatic amines is 1. The second-order valence-electron chi connectivity index (χ2n) is 9.29. The van der Waals surface area contributed by atoms with Crippen LogP contribution in [0.2, 0.25) is 0 Å². The van der Waals surface area contributed by atoms with Crippen LogP contribution >= 0.6 is 0 Å². The number of ketones is 1. The summed E-state index contributed by atoms with van der Waals surface area (Å²) >= 11 is 0. The molecule has 0 amide bonds. The molecule has 1 saturated heterocycles. The van der Waals surface area contributed by atoms with E-state index in [2.05, 4.69) is 50.4 Å². The fourth-order valence-electron chi connectivity index (χ4n) is 5.24. The third kappa shape index (κ3) is 4.85. The zero-order valence-corrected chi connectivity index (χ0v) is 18.6. The van der Waals surface area contributed by atoms with Crippen molar-refractivity contribution in [2.75, 3.05) is 19.6 Å². The number of carbonyl (C=O) groups excluding carboxylic acids is 1. The Hall–Kier alpha value is -2.73. The Morgan fingerprint density at radius 1 is 1.06 bits per heavy atom. The fraction of sp³-hybridized carbons (Fsp3) is 0.500. The molecule has 1 aromatic carbocycles. The SMILES string of the molecule is O=C(Cc1n[nH]c2ccnc(OC3CCCCC3)c12)CN1CCCC(c2ccccc2)C1. The maximum absolute atomic E-state index is 13.0. The Morgan fingerprint density at radius 3 is 2.75 bits per heavy atom. The zero-order chi connectivity index (χ0) is 21.8. The van der Waals surface area contributed by atoms with Crippen molar-refractivity contribution in [2.45, 2.75) is 63.4 Å². The van der Waals surface area contributed by atoms with Crippen LogP contribution in [0.25, 0.3) is 10.9 Å². The zero-order valence-electron chi connectivity index (χ0n) is 18.6. The molecule has 0 spiro atoms. The molecule has 1 saturated carbocycles. The van der Waals surface area contributed by atoms with E-state index >= 15 is 0 Å². The van der Waals surface area contributed by atoms with Gasteiger partial charge in [-0.3, -0.25) is 14.8 Å². The molecule has 2 fully saturated rings. The minimum absolute atomic E-state index is 0.194. The number of benzene rings is 1. The van der Waals surface area contributed by atoms with Crippen LogP contribution in [0.15, 0.2) is 42.6 Å². The van der Waals surface area contributed by atoms with Gasteiger partial charge in [-0.1, -0.05) is 36.8 Å². The summed E-state index contributed by atoms with van der Waals surface area (Å²) in [6.45, 7) is 2.39. The summed E-state index contributed by atoms with van der Waals surface area (Å²) in [5, 5.41) is 8.40. The van der Waals surface area contributed by atoms with Gasteiger partial charge in [0.05, 0.1) is 29.6 Å². The van der Waals surface area contributed by atoms with Gasteiger partial charge in [0.25, 0.3) is 0 Å². The highest BCUT2D eigenvalue weighted by Crippen LogP contribution is 2.30. The second-order valence-corrected chi connectivity index (χ2v) is 9.29. The lowest BCUT2D eigenvalue weighted by Crippen LogP contribution is -2.38. The lowest BCUT2D eigenvalue weighted by molar-refractivity contribution is -0.119. The van der Waals surface area contributed by atoms with Gasteiger partial charge in [-0.2, -0.15) is 5.10 Å². The number of H-pyrrole nitrogens is 1. The monoisotopic (exact) mass is 432 g/mol. The van der Waals surface area contributed by atoms with Gasteiger partial charge in [0, 0.05) is 12.7 Å². The molecule has 3 heterocycles. The van der Waals surface area contributed by atoms with Crippen molar-refractivity contribution in [2.24, 2.45) is 0 Å². The molecule has 5 rings (SSSR count). The number of ether oxygens (including phenoxy) is 1. The van der Waals surface area contributed by atoms with E-state index in [4.69, 9.17) is 4.74 Å². The summed E-state index contributed by atoms with van der Waals surface area (Å²) < 4.78 is 6.27. The Bertz CT molecular complexity index is 1040. The van der Waals surface area contributed by atoms with Gasteiger partial charge in [0.2, 0.25) is 5.88 Å². The summed E-state index contributed by atoms with van der Waals surface area (Å²) in [5.74, 6) is 1.32. The van der Waals surface area contributed by atoms with Crippen LogP contribution in [0.4, 0.5) is 0 Å². The van der Waals surface area contributed by atoms with E-state index in [1.54, 1.807) is 6.20 Å². The van der Waals surface area contributed by atoms with Crippen LogP contribution in [-0.2, 0) is 11.2 Å². The Balaban J connectivity index is 1.25. The molecule has 0 radical (unpaired) electrons. The predicted molar refractivity (Wildman–Crippen MR) is 125 cm³/mol. The molecule has 1 atom stereocenters. The van der Waals surface area contributed by atoms with Gasteiger partial charge in [-0.25, -0.2) is 4.98 Å². The molecule has 3 aromatic rings.